The van der Waals surface area contributed by atoms with E-state index in [1.54, 1.807) is 20.8 Å². The van der Waals surface area contributed by atoms with Crippen LogP contribution in [0.25, 0.3) is 0 Å². The van der Waals surface area contributed by atoms with Crippen molar-refractivity contribution in [2.75, 3.05) is 19.7 Å². The van der Waals surface area contributed by atoms with Gasteiger partial charge in [0, 0.05) is 6.54 Å². The molecular formula is C13H19F3N2O5S. The Labute approximate surface area is 138 Å². The van der Waals surface area contributed by atoms with Crippen LogP contribution in [0.5, 0.6) is 0 Å². The molecule has 1 N–H and O–H groups in total. The monoisotopic (exact) mass is 372 g/mol. The summed E-state index contributed by atoms with van der Waals surface area (Å²) >= 11 is 0. The van der Waals surface area contributed by atoms with Gasteiger partial charge in [-0.05, 0) is 20.8 Å². The third-order valence-corrected chi connectivity index (χ3v) is 4.13. The van der Waals surface area contributed by atoms with Crippen molar-refractivity contribution in [1.29, 1.82) is 0 Å². The van der Waals surface area contributed by atoms with E-state index in [1.165, 1.54) is 4.72 Å². The van der Waals surface area contributed by atoms with Crippen molar-refractivity contribution < 1.29 is 35.9 Å². The van der Waals surface area contributed by atoms with E-state index in [0.29, 0.717) is 0 Å². The number of hydrogen-bond donors (Lipinski definition) is 1. The number of halogens is 3. The molecule has 11 heteroatoms. The summed E-state index contributed by atoms with van der Waals surface area (Å²) in [7, 11) is -5.58. The number of rotatable bonds is 4. The SMILES string of the molecule is C#CCO[C@@H]1CN(C(=O)OC(C)(C)C)C[C@H]1NS(=O)(=O)C(F)(F)F. The minimum Gasteiger partial charge on any atom is -0.444 e. The van der Waals surface area contributed by atoms with Gasteiger partial charge in [0.15, 0.2) is 0 Å². The molecule has 0 aromatic rings. The summed E-state index contributed by atoms with van der Waals surface area (Å²) in [5, 5.41) is 0. The van der Waals surface area contributed by atoms with E-state index in [4.69, 9.17) is 15.9 Å². The van der Waals surface area contributed by atoms with Crippen LogP contribution in [-0.2, 0) is 19.5 Å². The molecule has 1 amide bonds. The summed E-state index contributed by atoms with van der Waals surface area (Å²) in [6, 6.07) is -1.29. The quantitative estimate of drug-likeness (QED) is 0.746. The highest BCUT2D eigenvalue weighted by molar-refractivity contribution is 7.90. The van der Waals surface area contributed by atoms with Crippen LogP contribution in [0.15, 0.2) is 0 Å². The Balaban J connectivity index is 2.89. The zero-order chi connectivity index (χ0) is 18.8. The first-order valence-electron chi connectivity index (χ1n) is 6.88. The van der Waals surface area contributed by atoms with Crippen LogP contribution < -0.4 is 4.72 Å². The molecule has 0 saturated carbocycles. The van der Waals surface area contributed by atoms with Crippen LogP contribution >= 0.6 is 0 Å². The van der Waals surface area contributed by atoms with Gasteiger partial charge in [0.1, 0.15) is 12.2 Å². The summed E-state index contributed by atoms with van der Waals surface area (Å²) in [6.45, 7) is 4.14. The first-order chi connectivity index (χ1) is 10.8. The number of terminal acetylenes is 1. The largest absolute Gasteiger partial charge is 0.511 e. The van der Waals surface area contributed by atoms with E-state index in [-0.39, 0.29) is 19.7 Å². The van der Waals surface area contributed by atoms with Gasteiger partial charge in [0.25, 0.3) is 0 Å². The number of sulfonamides is 1. The number of hydrogen-bond acceptors (Lipinski definition) is 5. The molecule has 1 aliphatic heterocycles. The first kappa shape index (κ1) is 20.5. The number of carbonyl (C=O) groups is 1. The molecule has 24 heavy (non-hydrogen) atoms. The van der Waals surface area contributed by atoms with Crippen molar-refractivity contribution in [3.63, 3.8) is 0 Å². The highest BCUT2D eigenvalue weighted by Crippen LogP contribution is 2.25. The van der Waals surface area contributed by atoms with Gasteiger partial charge in [-0.3, -0.25) is 0 Å². The topological polar surface area (TPSA) is 84.9 Å². The van der Waals surface area contributed by atoms with Crippen molar-refractivity contribution >= 4 is 16.1 Å². The standard InChI is InChI=1S/C13H19F3N2O5S/c1-5-6-22-10-8-18(11(19)23-12(2,3)4)7-9(10)17-24(20,21)13(14,15)16/h1,9-10,17H,6-8H2,2-4H3/t9-,10-/m1/s1. The van der Waals surface area contributed by atoms with E-state index in [0.717, 1.165) is 4.90 Å². The molecule has 0 bridgehead atoms. The third kappa shape index (κ3) is 5.54. The Hall–Kier alpha value is -1.51. The number of nitrogens with one attached hydrogen (secondary N) is 1. The van der Waals surface area contributed by atoms with Gasteiger partial charge in [-0.15, -0.1) is 6.42 Å². The Morgan fingerprint density at radius 2 is 1.92 bits per heavy atom. The van der Waals surface area contributed by atoms with Crippen LogP contribution in [0, 0.1) is 12.3 Å². The minimum atomic E-state index is -5.58. The molecule has 0 aromatic heterocycles. The smallest absolute Gasteiger partial charge is 0.444 e. The Morgan fingerprint density at radius 3 is 2.38 bits per heavy atom. The van der Waals surface area contributed by atoms with Crippen LogP contribution in [0.2, 0.25) is 0 Å². The van der Waals surface area contributed by atoms with Crippen molar-refractivity contribution in [2.24, 2.45) is 0 Å². The highest BCUT2D eigenvalue weighted by Gasteiger charge is 2.49. The lowest BCUT2D eigenvalue weighted by atomic mass is 10.2. The molecule has 7 nitrogen and oxygen atoms in total. The Bertz CT molecular complexity index is 607. The first-order valence-corrected chi connectivity index (χ1v) is 8.37. The highest BCUT2D eigenvalue weighted by atomic mass is 32.2. The number of carbonyl (C=O) groups excluding carboxylic acids is 1. The van der Waals surface area contributed by atoms with Gasteiger partial charge in [0.05, 0.1) is 18.7 Å². The molecule has 0 aromatic carbocycles. The van der Waals surface area contributed by atoms with Gasteiger partial charge in [-0.2, -0.15) is 17.9 Å². The maximum Gasteiger partial charge on any atom is 0.511 e. The number of likely N-dealkylation sites (tertiary alicyclic amines) is 1. The van der Waals surface area contributed by atoms with Gasteiger partial charge >= 0.3 is 21.6 Å². The molecule has 0 radical (unpaired) electrons. The fraction of sp³-hybridized carbons (Fsp3) is 0.769. The van der Waals surface area contributed by atoms with E-state index >= 15 is 0 Å². The lowest BCUT2D eigenvalue weighted by molar-refractivity contribution is -0.0455. The van der Waals surface area contributed by atoms with E-state index in [9.17, 15) is 26.4 Å². The second kappa shape index (κ2) is 7.16. The molecule has 0 spiro atoms. The summed E-state index contributed by atoms with van der Waals surface area (Å²) in [5.41, 5.74) is -6.28. The molecule has 1 aliphatic rings. The van der Waals surface area contributed by atoms with Crippen LogP contribution in [0.4, 0.5) is 18.0 Å². The predicted octanol–water partition coefficient (Wildman–Crippen LogP) is 1.06. The van der Waals surface area contributed by atoms with Crippen LogP contribution in [-0.4, -0.2) is 62.4 Å². The van der Waals surface area contributed by atoms with E-state index < -0.39 is 39.4 Å². The molecule has 1 heterocycles. The molecule has 2 atom stereocenters. The fourth-order valence-corrected chi connectivity index (χ4v) is 2.71. The predicted molar refractivity (Wildman–Crippen MR) is 78.3 cm³/mol. The maximum absolute atomic E-state index is 12.5. The van der Waals surface area contributed by atoms with E-state index in [2.05, 4.69) is 5.92 Å². The lowest BCUT2D eigenvalue weighted by Gasteiger charge is -2.24. The fourth-order valence-electron chi connectivity index (χ4n) is 1.95. The number of alkyl halides is 3. The summed E-state index contributed by atoms with van der Waals surface area (Å²) in [6.07, 6.45) is 3.22. The van der Waals surface area contributed by atoms with Crippen molar-refractivity contribution in [3.05, 3.63) is 0 Å². The number of amides is 1. The number of ether oxygens (including phenoxy) is 2. The Kier molecular flexibility index (Phi) is 6.13. The molecule has 1 fully saturated rings. The summed E-state index contributed by atoms with van der Waals surface area (Å²) < 4.78 is 71.8. The summed E-state index contributed by atoms with van der Waals surface area (Å²) in [4.78, 5) is 13.1. The normalized spacial score (nSPS) is 22.3. The van der Waals surface area contributed by atoms with Crippen LogP contribution in [0.3, 0.4) is 0 Å². The van der Waals surface area contributed by atoms with E-state index in [1.807, 2.05) is 0 Å². The zero-order valence-electron chi connectivity index (χ0n) is 13.4. The maximum atomic E-state index is 12.5. The lowest BCUT2D eigenvalue weighted by Crippen LogP contribution is -2.48. The van der Waals surface area contributed by atoms with Crippen molar-refractivity contribution in [1.82, 2.24) is 9.62 Å². The molecule has 1 rings (SSSR count). The molecule has 138 valence electrons. The van der Waals surface area contributed by atoms with Gasteiger partial charge < -0.3 is 14.4 Å². The molecule has 0 unspecified atom stereocenters. The second-order valence-corrected chi connectivity index (χ2v) is 7.82. The molecular weight excluding hydrogens is 353 g/mol. The minimum absolute atomic E-state index is 0.151. The molecule has 0 aliphatic carbocycles. The van der Waals surface area contributed by atoms with Gasteiger partial charge in [-0.1, -0.05) is 5.92 Å². The zero-order valence-corrected chi connectivity index (χ0v) is 14.2. The Morgan fingerprint density at radius 1 is 1.33 bits per heavy atom. The average molecular weight is 372 g/mol. The van der Waals surface area contributed by atoms with Gasteiger partial charge in [0.2, 0.25) is 0 Å². The van der Waals surface area contributed by atoms with Crippen molar-refractivity contribution in [3.8, 4) is 12.3 Å². The second-order valence-electron chi connectivity index (χ2n) is 6.11. The molecule has 1 saturated heterocycles. The van der Waals surface area contributed by atoms with Crippen molar-refractivity contribution in [2.45, 2.75) is 44.0 Å². The third-order valence-electron chi connectivity index (χ3n) is 2.91. The van der Waals surface area contributed by atoms with Crippen LogP contribution in [0.1, 0.15) is 20.8 Å². The van der Waals surface area contributed by atoms with Gasteiger partial charge in [-0.25, -0.2) is 13.2 Å². The number of nitrogens with zero attached hydrogens (tertiary/aromatic N) is 1. The summed E-state index contributed by atoms with van der Waals surface area (Å²) in [5.74, 6) is 2.13. The average Bonchev–Trinajstić information content (AvgIpc) is 2.75.